The first-order valence-electron chi connectivity index (χ1n) is 15.3. The highest BCUT2D eigenvalue weighted by atomic mass is 32.1. The number of amides is 3. The van der Waals surface area contributed by atoms with E-state index in [9.17, 15) is 28.8 Å². The van der Waals surface area contributed by atoms with Crippen LogP contribution in [0.2, 0.25) is 0 Å². The Hall–Kier alpha value is -3.82. The number of rotatable bonds is 11. The quantitative estimate of drug-likeness (QED) is 0.0777. The number of nitrogens with one attached hydrogen (secondary N) is 6. The monoisotopic (exact) mass is 662 g/mol. The molecule has 6 N–H and O–H groups in total. The molecule has 5 atom stereocenters. The lowest BCUT2D eigenvalue weighted by molar-refractivity contribution is -0.137. The summed E-state index contributed by atoms with van der Waals surface area (Å²) in [5.41, 5.74) is 4.38. The van der Waals surface area contributed by atoms with Crippen molar-refractivity contribution in [2.75, 3.05) is 32.3 Å². The molecule has 46 heavy (non-hydrogen) atoms. The Morgan fingerprint density at radius 2 is 1.89 bits per heavy atom. The minimum atomic E-state index is -1.24. The fourth-order valence-electron chi connectivity index (χ4n) is 6.04. The molecule has 0 spiro atoms. The van der Waals surface area contributed by atoms with E-state index in [0.29, 0.717) is 6.29 Å². The summed E-state index contributed by atoms with van der Waals surface area (Å²) in [5.74, 6) is -0.153. The fraction of sp³-hybridized carbons (Fsp3) is 0.581. The number of hydrogen-bond donors (Lipinski definition) is 7. The maximum Gasteiger partial charge on any atom is 0.288 e. The number of likely N-dealkylation sites (N-methyl/N-ethyl adjacent to an activating group) is 1. The SMILES string of the molecule is C=C.CNC(=O)C(=O)CCC(NC(=O)C1=NCNN1)C(=O)Nc1cccn(CC=O)c1=O.CNC1C(C)CC2CCCC1C2.CS. The molecule has 2 saturated carbocycles. The second-order valence-electron chi connectivity index (χ2n) is 10.9. The molecule has 256 valence electrons. The predicted octanol–water partition coefficient (Wildman–Crippen LogP) is 0.798. The molecule has 2 fully saturated rings. The van der Waals surface area contributed by atoms with Gasteiger partial charge in [-0.3, -0.25) is 29.4 Å². The van der Waals surface area contributed by atoms with Gasteiger partial charge in [-0.05, 0) is 68.9 Å². The molecule has 0 saturated heterocycles. The minimum absolute atomic E-state index is 0.0570. The second kappa shape index (κ2) is 21.8. The van der Waals surface area contributed by atoms with Gasteiger partial charge in [-0.1, -0.05) is 19.8 Å². The van der Waals surface area contributed by atoms with Gasteiger partial charge >= 0.3 is 0 Å². The zero-order chi connectivity index (χ0) is 34.6. The summed E-state index contributed by atoms with van der Waals surface area (Å²) < 4.78 is 1.09. The smallest absolute Gasteiger partial charge is 0.288 e. The average molecular weight is 663 g/mol. The van der Waals surface area contributed by atoms with Crippen molar-refractivity contribution in [2.45, 2.75) is 70.5 Å². The van der Waals surface area contributed by atoms with E-state index in [1.54, 1.807) is 6.26 Å². The third-order valence-electron chi connectivity index (χ3n) is 8.03. The summed E-state index contributed by atoms with van der Waals surface area (Å²) >= 11 is 3.53. The summed E-state index contributed by atoms with van der Waals surface area (Å²) in [6.07, 6.45) is 10.6. The van der Waals surface area contributed by atoms with Crippen LogP contribution in [-0.2, 0) is 30.5 Å². The third kappa shape index (κ3) is 12.2. The highest BCUT2D eigenvalue weighted by Gasteiger charge is 2.36. The Kier molecular flexibility index (Phi) is 19.1. The van der Waals surface area contributed by atoms with Crippen molar-refractivity contribution in [3.8, 4) is 0 Å². The molecule has 1 aromatic heterocycles. The van der Waals surface area contributed by atoms with Crippen LogP contribution in [0.5, 0.6) is 0 Å². The van der Waals surface area contributed by atoms with Crippen LogP contribution in [0.3, 0.4) is 0 Å². The van der Waals surface area contributed by atoms with Gasteiger partial charge in [0.2, 0.25) is 17.5 Å². The Bertz CT molecular complexity index is 1250. The molecule has 2 bridgehead atoms. The van der Waals surface area contributed by atoms with E-state index in [2.05, 4.69) is 76.9 Å². The molecule has 3 amide bonds. The van der Waals surface area contributed by atoms with Crippen LogP contribution in [0.25, 0.3) is 0 Å². The van der Waals surface area contributed by atoms with Gasteiger partial charge in [0.15, 0.2) is 0 Å². The number of nitrogens with zero attached hydrogens (tertiary/aromatic N) is 2. The van der Waals surface area contributed by atoms with Gasteiger partial charge in [0.05, 0.1) is 6.54 Å². The van der Waals surface area contributed by atoms with Gasteiger partial charge in [0, 0.05) is 25.7 Å². The molecule has 0 radical (unpaired) electrons. The first-order valence-corrected chi connectivity index (χ1v) is 16.2. The van der Waals surface area contributed by atoms with E-state index in [0.717, 1.165) is 28.4 Å². The lowest BCUT2D eigenvalue weighted by atomic mass is 9.66. The topological polar surface area (TPSA) is 192 Å². The van der Waals surface area contributed by atoms with Crippen LogP contribution in [0.4, 0.5) is 5.69 Å². The average Bonchev–Trinajstić information content (AvgIpc) is 3.62. The van der Waals surface area contributed by atoms with Gasteiger partial charge in [-0.25, -0.2) is 10.4 Å². The number of anilines is 1. The summed E-state index contributed by atoms with van der Waals surface area (Å²) in [4.78, 5) is 75.0. The van der Waals surface area contributed by atoms with E-state index < -0.39 is 35.1 Å². The normalized spacial score (nSPS) is 21.4. The van der Waals surface area contributed by atoms with Crippen molar-refractivity contribution in [3.63, 3.8) is 0 Å². The van der Waals surface area contributed by atoms with Gasteiger partial charge in [0.25, 0.3) is 17.4 Å². The van der Waals surface area contributed by atoms with Gasteiger partial charge in [-0.2, -0.15) is 12.6 Å². The Morgan fingerprint density at radius 3 is 2.50 bits per heavy atom. The number of hydrogen-bond acceptors (Lipinski definition) is 11. The summed E-state index contributed by atoms with van der Waals surface area (Å²) in [6.45, 7) is 8.39. The predicted molar refractivity (Wildman–Crippen MR) is 182 cm³/mol. The van der Waals surface area contributed by atoms with Crippen LogP contribution >= 0.6 is 12.6 Å². The minimum Gasteiger partial charge on any atom is -0.353 e. The Balaban J connectivity index is 0.000000544. The Labute approximate surface area is 276 Å². The number of carbonyl (C=O) groups is 5. The number of Topliss-reactive ketones (excluding diaryl/α,β-unsaturated/α-hetero) is 1. The van der Waals surface area contributed by atoms with Crippen molar-refractivity contribution in [2.24, 2.45) is 22.7 Å². The Morgan fingerprint density at radius 1 is 1.17 bits per heavy atom. The molecule has 1 aliphatic heterocycles. The van der Waals surface area contributed by atoms with E-state index >= 15 is 0 Å². The molecule has 0 aromatic carbocycles. The first-order chi connectivity index (χ1) is 22.2. The second-order valence-corrected chi connectivity index (χ2v) is 10.9. The molecular formula is C31H50N8O6S. The number of pyridine rings is 1. The number of hydrazine groups is 1. The number of fused-ring (bicyclic) bond motifs is 2. The molecule has 3 aliphatic rings. The number of ketones is 1. The zero-order valence-electron chi connectivity index (χ0n) is 27.3. The summed E-state index contributed by atoms with van der Waals surface area (Å²) in [7, 11) is 3.43. The number of carbonyl (C=O) groups excluding carboxylic acids is 5. The van der Waals surface area contributed by atoms with E-state index in [-0.39, 0.29) is 37.6 Å². The third-order valence-corrected chi connectivity index (χ3v) is 8.03. The molecular weight excluding hydrogens is 612 g/mol. The molecule has 4 rings (SSSR count). The first kappa shape index (κ1) is 40.2. The number of aldehydes is 1. The maximum atomic E-state index is 12.7. The van der Waals surface area contributed by atoms with Crippen LogP contribution in [0.15, 0.2) is 41.3 Å². The van der Waals surface area contributed by atoms with Crippen LogP contribution in [-0.4, -0.2) is 79.3 Å². The van der Waals surface area contributed by atoms with Crippen LogP contribution < -0.4 is 37.7 Å². The highest BCUT2D eigenvalue weighted by molar-refractivity contribution is 7.79. The van der Waals surface area contributed by atoms with Crippen molar-refractivity contribution in [3.05, 3.63) is 41.8 Å². The van der Waals surface area contributed by atoms with Crippen molar-refractivity contribution in [1.82, 2.24) is 31.4 Å². The summed E-state index contributed by atoms with van der Waals surface area (Å²) in [6, 6.07) is 2.38. The van der Waals surface area contributed by atoms with Gasteiger partial charge in [-0.15, -0.1) is 13.2 Å². The highest BCUT2D eigenvalue weighted by Crippen LogP contribution is 2.42. The lowest BCUT2D eigenvalue weighted by Gasteiger charge is -2.44. The summed E-state index contributed by atoms with van der Waals surface area (Å²) in [5, 5.41) is 10.5. The van der Waals surface area contributed by atoms with Crippen LogP contribution in [0, 0.1) is 17.8 Å². The van der Waals surface area contributed by atoms with Crippen molar-refractivity contribution in [1.29, 1.82) is 0 Å². The van der Waals surface area contributed by atoms with E-state index in [1.165, 1.54) is 57.5 Å². The molecule has 14 nitrogen and oxygen atoms in total. The van der Waals surface area contributed by atoms with Gasteiger partial charge < -0.3 is 30.6 Å². The number of aromatic nitrogens is 1. The number of thiol groups is 1. The van der Waals surface area contributed by atoms with E-state index in [1.807, 2.05) is 0 Å². The molecule has 15 heteroatoms. The molecule has 2 heterocycles. The van der Waals surface area contributed by atoms with Crippen LogP contribution in [0.1, 0.15) is 51.9 Å². The zero-order valence-corrected chi connectivity index (χ0v) is 28.2. The van der Waals surface area contributed by atoms with Gasteiger partial charge in [0.1, 0.15) is 24.7 Å². The number of amidine groups is 1. The fourth-order valence-corrected chi connectivity index (χ4v) is 6.04. The molecule has 5 unspecified atom stereocenters. The van der Waals surface area contributed by atoms with Crippen molar-refractivity contribution >= 4 is 53.9 Å². The largest absolute Gasteiger partial charge is 0.353 e. The number of aliphatic imine (C=N–C) groups is 1. The van der Waals surface area contributed by atoms with E-state index in [4.69, 9.17) is 0 Å². The standard InChI is InChI=1S/C17H21N7O6.C11H21N.C2H4.CH4S/c1-18-15(28)12(26)5-4-10(21-16(29)13-19-9-20-23-13)14(27)22-11-3-2-6-24(7-8-25)17(11)30;1-8-6-9-4-3-5-10(7-9)11(8)12-2;2*1-2/h2-3,6,8,10,20H,4-5,7,9H2,1H3,(H,18,28)(H,19,23)(H,21,29)(H,22,27);8-12H,3-7H2,1-2H3;1-2H2;2H,1H3. The van der Waals surface area contributed by atoms with Crippen molar-refractivity contribution < 1.29 is 24.0 Å². The lowest BCUT2D eigenvalue weighted by Crippen LogP contribution is -2.50. The molecule has 2 aliphatic carbocycles. The maximum absolute atomic E-state index is 12.7. The molecule has 1 aromatic rings.